The van der Waals surface area contributed by atoms with Gasteiger partial charge in [0.1, 0.15) is 0 Å². The number of nitrogens with one attached hydrogen (secondary N) is 1. The Bertz CT molecular complexity index is 353. The molecule has 0 saturated carbocycles. The lowest BCUT2D eigenvalue weighted by molar-refractivity contribution is -0.133. The molecule has 16 heavy (non-hydrogen) atoms. The van der Waals surface area contributed by atoms with E-state index in [0.29, 0.717) is 6.54 Å². The van der Waals surface area contributed by atoms with Crippen LogP contribution in [-0.2, 0) is 16.1 Å². The van der Waals surface area contributed by atoms with Crippen LogP contribution in [0.2, 0.25) is 0 Å². The fraction of sp³-hybridized carbons (Fsp3) is 0.444. The first-order chi connectivity index (χ1) is 7.59. The number of nitrogens with zero attached hydrogens (tertiary/aromatic N) is 2. The largest absolute Gasteiger partial charge is 0.481 e. The van der Waals surface area contributed by atoms with E-state index < -0.39 is 5.97 Å². The lowest BCUT2D eigenvalue weighted by atomic mass is 10.3. The topological polar surface area (TPSA) is 86.3 Å². The molecule has 7 heteroatoms. The molecule has 0 bridgehead atoms. The fourth-order valence-electron chi connectivity index (χ4n) is 1.06. The monoisotopic (exact) mass is 243 g/mol. The molecule has 1 aromatic heterocycles. The van der Waals surface area contributed by atoms with Crippen LogP contribution in [0, 0.1) is 0 Å². The zero-order valence-corrected chi connectivity index (χ0v) is 9.66. The van der Waals surface area contributed by atoms with Crippen molar-refractivity contribution in [1.82, 2.24) is 15.1 Å². The zero-order chi connectivity index (χ0) is 12.0. The van der Waals surface area contributed by atoms with Gasteiger partial charge in [0.25, 0.3) is 0 Å². The van der Waals surface area contributed by atoms with Gasteiger partial charge in [0, 0.05) is 25.4 Å². The molecule has 1 amide bonds. The van der Waals surface area contributed by atoms with Crippen LogP contribution in [0.15, 0.2) is 12.4 Å². The summed E-state index contributed by atoms with van der Waals surface area (Å²) in [6, 6.07) is 0. The Hall–Kier alpha value is -1.50. The van der Waals surface area contributed by atoms with Crippen molar-refractivity contribution in [3.05, 3.63) is 18.0 Å². The fourth-order valence-corrected chi connectivity index (χ4v) is 1.73. The van der Waals surface area contributed by atoms with Crippen molar-refractivity contribution in [3.63, 3.8) is 0 Å². The van der Waals surface area contributed by atoms with Gasteiger partial charge in [-0.3, -0.25) is 14.7 Å². The highest BCUT2D eigenvalue weighted by Crippen LogP contribution is 2.05. The molecule has 6 nitrogen and oxygen atoms in total. The van der Waals surface area contributed by atoms with Crippen LogP contribution < -0.4 is 0 Å². The molecule has 0 aliphatic heterocycles. The SMILES string of the molecule is CN(Cc1cn[nH]c1)C(=O)CSCC(=O)O. The molecule has 0 aliphatic carbocycles. The predicted octanol–water partition coefficient (Wildman–Crippen LogP) is 0.186. The van der Waals surface area contributed by atoms with E-state index in [-0.39, 0.29) is 17.4 Å². The highest BCUT2D eigenvalue weighted by atomic mass is 32.2. The molecular weight excluding hydrogens is 230 g/mol. The number of hydrogen-bond acceptors (Lipinski definition) is 4. The predicted molar refractivity (Wildman–Crippen MR) is 60.0 cm³/mol. The summed E-state index contributed by atoms with van der Waals surface area (Å²) >= 11 is 1.10. The first kappa shape index (κ1) is 12.6. The van der Waals surface area contributed by atoms with E-state index in [1.54, 1.807) is 24.3 Å². The number of carboxylic acids is 1. The molecular formula is C9H13N3O3S. The van der Waals surface area contributed by atoms with E-state index in [0.717, 1.165) is 17.3 Å². The van der Waals surface area contributed by atoms with Crippen LogP contribution in [0.1, 0.15) is 5.56 Å². The molecule has 1 heterocycles. The molecule has 0 unspecified atom stereocenters. The van der Waals surface area contributed by atoms with Gasteiger partial charge in [0.2, 0.25) is 5.91 Å². The number of aliphatic carboxylic acids is 1. The lowest BCUT2D eigenvalue weighted by Crippen LogP contribution is -2.28. The van der Waals surface area contributed by atoms with Crippen LogP contribution in [-0.4, -0.2) is 50.6 Å². The van der Waals surface area contributed by atoms with E-state index in [4.69, 9.17) is 5.11 Å². The summed E-state index contributed by atoms with van der Waals surface area (Å²) in [6.07, 6.45) is 3.36. The Morgan fingerprint density at radius 2 is 2.31 bits per heavy atom. The third-order valence-corrected chi connectivity index (χ3v) is 2.75. The molecule has 0 aromatic carbocycles. The average Bonchev–Trinajstić information content (AvgIpc) is 2.69. The maximum absolute atomic E-state index is 11.5. The number of rotatable bonds is 6. The van der Waals surface area contributed by atoms with Crippen LogP contribution in [0.3, 0.4) is 0 Å². The van der Waals surface area contributed by atoms with Crippen molar-refractivity contribution in [2.24, 2.45) is 0 Å². The van der Waals surface area contributed by atoms with Crippen molar-refractivity contribution in [3.8, 4) is 0 Å². The zero-order valence-electron chi connectivity index (χ0n) is 8.84. The Kier molecular flexibility index (Phi) is 4.84. The molecule has 0 atom stereocenters. The summed E-state index contributed by atoms with van der Waals surface area (Å²) in [5.74, 6) is -0.867. The number of H-pyrrole nitrogens is 1. The van der Waals surface area contributed by atoms with E-state index in [1.165, 1.54) is 0 Å². The Balaban J connectivity index is 2.28. The quantitative estimate of drug-likeness (QED) is 0.744. The molecule has 88 valence electrons. The number of carboxylic acid groups (broad SMARTS) is 1. The van der Waals surface area contributed by atoms with E-state index in [2.05, 4.69) is 10.2 Å². The van der Waals surface area contributed by atoms with Gasteiger partial charge in [-0.2, -0.15) is 5.10 Å². The minimum atomic E-state index is -0.907. The van der Waals surface area contributed by atoms with Gasteiger partial charge in [0.05, 0.1) is 17.7 Å². The van der Waals surface area contributed by atoms with Crippen LogP contribution >= 0.6 is 11.8 Å². The number of carbonyl (C=O) groups excluding carboxylic acids is 1. The van der Waals surface area contributed by atoms with Crippen LogP contribution in [0.4, 0.5) is 0 Å². The second kappa shape index (κ2) is 6.16. The molecule has 1 aromatic rings. The van der Waals surface area contributed by atoms with Crippen LogP contribution in [0.5, 0.6) is 0 Å². The third-order valence-electron chi connectivity index (χ3n) is 1.85. The summed E-state index contributed by atoms with van der Waals surface area (Å²) in [4.78, 5) is 23.3. The van der Waals surface area contributed by atoms with Crippen LogP contribution in [0.25, 0.3) is 0 Å². The standard InChI is InChI=1S/C9H13N3O3S/c1-12(4-7-2-10-11-3-7)8(13)5-16-6-9(14)15/h2-3H,4-6H2,1H3,(H,10,11)(H,14,15). The van der Waals surface area contributed by atoms with E-state index in [9.17, 15) is 9.59 Å². The molecule has 0 radical (unpaired) electrons. The minimum absolute atomic E-state index is 0.0503. The Morgan fingerprint density at radius 3 is 2.88 bits per heavy atom. The smallest absolute Gasteiger partial charge is 0.313 e. The van der Waals surface area contributed by atoms with Crippen molar-refractivity contribution in [2.75, 3.05) is 18.6 Å². The Labute approximate surface area is 97.0 Å². The third kappa shape index (κ3) is 4.35. The van der Waals surface area contributed by atoms with Gasteiger partial charge in [-0.25, -0.2) is 0 Å². The van der Waals surface area contributed by atoms with Gasteiger partial charge >= 0.3 is 5.97 Å². The summed E-state index contributed by atoms with van der Waals surface area (Å²) in [7, 11) is 1.68. The van der Waals surface area contributed by atoms with E-state index in [1.807, 2.05) is 0 Å². The van der Waals surface area contributed by atoms with Crippen molar-refractivity contribution in [1.29, 1.82) is 0 Å². The average molecular weight is 243 g/mol. The number of hydrogen-bond donors (Lipinski definition) is 2. The number of amides is 1. The van der Waals surface area contributed by atoms with Crippen molar-refractivity contribution in [2.45, 2.75) is 6.54 Å². The summed E-state index contributed by atoms with van der Waals surface area (Å²) in [5.41, 5.74) is 0.916. The summed E-state index contributed by atoms with van der Waals surface area (Å²) < 4.78 is 0. The van der Waals surface area contributed by atoms with E-state index >= 15 is 0 Å². The van der Waals surface area contributed by atoms with Gasteiger partial charge < -0.3 is 10.0 Å². The second-order valence-electron chi connectivity index (χ2n) is 3.24. The highest BCUT2D eigenvalue weighted by molar-refractivity contribution is 8.00. The number of aromatic amines is 1. The Morgan fingerprint density at radius 1 is 1.56 bits per heavy atom. The normalized spacial score (nSPS) is 10.1. The first-order valence-corrected chi connectivity index (χ1v) is 5.76. The number of thioether (sulfide) groups is 1. The highest BCUT2D eigenvalue weighted by Gasteiger charge is 2.10. The molecule has 1 rings (SSSR count). The molecule has 2 N–H and O–H groups in total. The van der Waals surface area contributed by atoms with Gasteiger partial charge in [0.15, 0.2) is 0 Å². The molecule has 0 spiro atoms. The maximum Gasteiger partial charge on any atom is 0.313 e. The molecule has 0 saturated heterocycles. The van der Waals surface area contributed by atoms with Gasteiger partial charge in [-0.05, 0) is 0 Å². The van der Waals surface area contributed by atoms with Crippen molar-refractivity contribution < 1.29 is 14.7 Å². The number of carbonyl (C=O) groups is 2. The van der Waals surface area contributed by atoms with Gasteiger partial charge in [-0.1, -0.05) is 0 Å². The summed E-state index contributed by atoms with van der Waals surface area (Å²) in [6.45, 7) is 0.475. The molecule has 0 fully saturated rings. The second-order valence-corrected chi connectivity index (χ2v) is 4.23. The molecule has 0 aliphatic rings. The first-order valence-electron chi connectivity index (χ1n) is 4.60. The number of aromatic nitrogens is 2. The lowest BCUT2D eigenvalue weighted by Gasteiger charge is -2.15. The minimum Gasteiger partial charge on any atom is -0.481 e. The maximum atomic E-state index is 11.5. The van der Waals surface area contributed by atoms with Gasteiger partial charge in [-0.15, -0.1) is 11.8 Å². The van der Waals surface area contributed by atoms with Crippen molar-refractivity contribution >= 4 is 23.6 Å². The summed E-state index contributed by atoms with van der Waals surface area (Å²) in [5, 5.41) is 14.8.